The van der Waals surface area contributed by atoms with Crippen molar-refractivity contribution in [3.63, 3.8) is 0 Å². The lowest BCUT2D eigenvalue weighted by atomic mass is 10.1. The van der Waals surface area contributed by atoms with Gasteiger partial charge >= 0.3 is 11.9 Å². The number of benzene rings is 1. The Morgan fingerprint density at radius 1 is 1.15 bits per heavy atom. The van der Waals surface area contributed by atoms with Crippen LogP contribution in [0, 0.1) is 13.8 Å². The van der Waals surface area contributed by atoms with Crippen molar-refractivity contribution in [3.05, 3.63) is 58.7 Å². The number of ether oxygens (including phenoxy) is 2. The van der Waals surface area contributed by atoms with Crippen LogP contribution in [0.4, 0.5) is 0 Å². The van der Waals surface area contributed by atoms with E-state index in [0.717, 1.165) is 5.56 Å². The molecule has 0 aliphatic carbocycles. The van der Waals surface area contributed by atoms with Crippen LogP contribution in [0.15, 0.2) is 34.9 Å². The molecule has 2 heterocycles. The fourth-order valence-corrected chi connectivity index (χ4v) is 2.58. The second kappa shape index (κ2) is 7.22. The van der Waals surface area contributed by atoms with Crippen molar-refractivity contribution in [1.29, 1.82) is 0 Å². The normalized spacial score (nSPS) is 10.6. The largest absolute Gasteiger partial charge is 0.465 e. The van der Waals surface area contributed by atoms with Crippen molar-refractivity contribution in [2.75, 3.05) is 7.11 Å². The van der Waals surface area contributed by atoms with E-state index in [-0.39, 0.29) is 18.2 Å². The Labute approximate surface area is 149 Å². The highest BCUT2D eigenvalue weighted by atomic mass is 16.6. The van der Waals surface area contributed by atoms with Crippen LogP contribution in [0.1, 0.15) is 38.0 Å². The van der Waals surface area contributed by atoms with Gasteiger partial charge in [-0.2, -0.15) is 4.98 Å². The molecule has 134 valence electrons. The third-order valence-electron chi connectivity index (χ3n) is 3.86. The van der Waals surface area contributed by atoms with Gasteiger partial charge in [-0.05, 0) is 19.4 Å². The molecular weight excluding hydrogens is 338 g/mol. The number of aromatic amines is 1. The van der Waals surface area contributed by atoms with Gasteiger partial charge in [0.25, 0.3) is 5.89 Å². The Bertz CT molecular complexity index is 943. The Balaban J connectivity index is 1.70. The van der Waals surface area contributed by atoms with Gasteiger partial charge in [0.15, 0.2) is 6.61 Å². The van der Waals surface area contributed by atoms with E-state index >= 15 is 0 Å². The summed E-state index contributed by atoms with van der Waals surface area (Å²) in [5.41, 5.74) is 2.31. The zero-order valence-corrected chi connectivity index (χ0v) is 14.5. The number of carbonyl (C=O) groups excluding carboxylic acids is 2. The van der Waals surface area contributed by atoms with Crippen molar-refractivity contribution in [2.24, 2.45) is 0 Å². The number of esters is 2. The summed E-state index contributed by atoms with van der Waals surface area (Å²) in [7, 11) is 1.28. The van der Waals surface area contributed by atoms with Crippen LogP contribution in [0.3, 0.4) is 0 Å². The first-order valence-corrected chi connectivity index (χ1v) is 7.84. The molecule has 0 saturated carbocycles. The number of H-pyrrole nitrogens is 1. The summed E-state index contributed by atoms with van der Waals surface area (Å²) in [5.74, 6) is -0.553. The van der Waals surface area contributed by atoms with Crippen LogP contribution in [-0.4, -0.2) is 34.2 Å². The third kappa shape index (κ3) is 3.34. The van der Waals surface area contributed by atoms with Gasteiger partial charge in [-0.1, -0.05) is 35.5 Å². The minimum atomic E-state index is -0.625. The fraction of sp³-hybridized carbons (Fsp3) is 0.222. The lowest BCUT2D eigenvalue weighted by Gasteiger charge is -2.02. The molecule has 1 N–H and O–H groups in total. The molecule has 1 aromatic carbocycles. The van der Waals surface area contributed by atoms with Gasteiger partial charge in [0, 0.05) is 11.3 Å². The van der Waals surface area contributed by atoms with E-state index in [1.54, 1.807) is 13.8 Å². The predicted octanol–water partition coefficient (Wildman–Crippen LogP) is 2.83. The summed E-state index contributed by atoms with van der Waals surface area (Å²) in [6.07, 6.45) is 0. The number of carbonyl (C=O) groups is 2. The highest BCUT2D eigenvalue weighted by molar-refractivity contribution is 5.98. The van der Waals surface area contributed by atoms with Crippen LogP contribution in [0.2, 0.25) is 0 Å². The lowest BCUT2D eigenvalue weighted by molar-refractivity contribution is 0.0422. The van der Waals surface area contributed by atoms with Gasteiger partial charge < -0.3 is 19.0 Å². The maximum atomic E-state index is 12.3. The van der Waals surface area contributed by atoms with Gasteiger partial charge in [0.05, 0.1) is 12.7 Å². The smallest absolute Gasteiger partial charge is 0.355 e. The van der Waals surface area contributed by atoms with Gasteiger partial charge in [-0.25, -0.2) is 9.59 Å². The van der Waals surface area contributed by atoms with E-state index in [0.29, 0.717) is 22.6 Å². The van der Waals surface area contributed by atoms with Gasteiger partial charge in [-0.3, -0.25) is 0 Å². The number of aryl methyl sites for hydroxylation is 1. The molecule has 0 saturated heterocycles. The SMILES string of the molecule is COC(=O)c1c(C)[nH]c(C(=O)OCc2nc(-c3ccccc3)no2)c1C. The molecule has 0 unspecified atom stereocenters. The van der Waals surface area contributed by atoms with Crippen LogP contribution in [0.5, 0.6) is 0 Å². The van der Waals surface area contributed by atoms with E-state index in [9.17, 15) is 9.59 Å². The maximum absolute atomic E-state index is 12.3. The minimum Gasteiger partial charge on any atom is -0.465 e. The van der Waals surface area contributed by atoms with E-state index in [1.807, 2.05) is 30.3 Å². The topological polar surface area (TPSA) is 107 Å². The summed E-state index contributed by atoms with van der Waals surface area (Å²) in [5, 5.41) is 3.86. The Hall–Kier alpha value is -3.42. The number of hydrogen-bond donors (Lipinski definition) is 1. The quantitative estimate of drug-likeness (QED) is 0.701. The second-order valence-electron chi connectivity index (χ2n) is 5.57. The average molecular weight is 355 g/mol. The molecule has 0 aliphatic rings. The minimum absolute atomic E-state index is 0.173. The number of aromatic nitrogens is 3. The number of nitrogens with zero attached hydrogens (tertiary/aromatic N) is 2. The van der Waals surface area contributed by atoms with Crippen molar-refractivity contribution >= 4 is 11.9 Å². The Kier molecular flexibility index (Phi) is 4.83. The van der Waals surface area contributed by atoms with E-state index < -0.39 is 11.9 Å². The molecule has 3 rings (SSSR count). The third-order valence-corrected chi connectivity index (χ3v) is 3.86. The molecule has 2 aromatic heterocycles. The van der Waals surface area contributed by atoms with Crippen molar-refractivity contribution < 1.29 is 23.6 Å². The summed E-state index contributed by atoms with van der Waals surface area (Å²) < 4.78 is 15.0. The van der Waals surface area contributed by atoms with Crippen molar-refractivity contribution in [1.82, 2.24) is 15.1 Å². The Morgan fingerprint density at radius 3 is 2.58 bits per heavy atom. The molecule has 8 nitrogen and oxygen atoms in total. The molecule has 0 spiro atoms. The number of hydrogen-bond acceptors (Lipinski definition) is 7. The molecule has 3 aromatic rings. The van der Waals surface area contributed by atoms with Crippen LogP contribution < -0.4 is 0 Å². The zero-order chi connectivity index (χ0) is 18.7. The molecule has 0 radical (unpaired) electrons. The van der Waals surface area contributed by atoms with E-state index in [4.69, 9.17) is 14.0 Å². The molecule has 0 fully saturated rings. The van der Waals surface area contributed by atoms with Crippen molar-refractivity contribution in [3.8, 4) is 11.4 Å². The van der Waals surface area contributed by atoms with Crippen LogP contribution in [-0.2, 0) is 16.1 Å². The lowest BCUT2D eigenvalue weighted by Crippen LogP contribution is -2.08. The number of methoxy groups -OCH3 is 1. The van der Waals surface area contributed by atoms with Crippen molar-refractivity contribution in [2.45, 2.75) is 20.5 Å². The summed E-state index contributed by atoms with van der Waals surface area (Å²) in [6, 6.07) is 9.30. The standard InChI is InChI=1S/C18H17N3O5/c1-10-14(17(22)24-3)11(2)19-15(10)18(23)25-9-13-20-16(21-26-13)12-7-5-4-6-8-12/h4-8,19H,9H2,1-3H3. The van der Waals surface area contributed by atoms with Gasteiger partial charge in [0.2, 0.25) is 5.82 Å². The summed E-state index contributed by atoms with van der Waals surface area (Å²) in [4.78, 5) is 31.1. The predicted molar refractivity (Wildman–Crippen MR) is 90.5 cm³/mol. The highest BCUT2D eigenvalue weighted by Gasteiger charge is 2.23. The highest BCUT2D eigenvalue weighted by Crippen LogP contribution is 2.20. The number of rotatable bonds is 5. The van der Waals surface area contributed by atoms with E-state index in [2.05, 4.69) is 15.1 Å². The van der Waals surface area contributed by atoms with Crippen LogP contribution >= 0.6 is 0 Å². The molecule has 0 bridgehead atoms. The van der Waals surface area contributed by atoms with Crippen LogP contribution in [0.25, 0.3) is 11.4 Å². The molecule has 0 atom stereocenters. The van der Waals surface area contributed by atoms with Gasteiger partial charge in [0.1, 0.15) is 5.69 Å². The molecule has 0 aliphatic heterocycles. The zero-order valence-electron chi connectivity index (χ0n) is 14.5. The monoisotopic (exact) mass is 355 g/mol. The maximum Gasteiger partial charge on any atom is 0.355 e. The number of nitrogens with one attached hydrogen (secondary N) is 1. The first kappa shape index (κ1) is 17.4. The summed E-state index contributed by atoms with van der Waals surface area (Å²) >= 11 is 0. The first-order chi connectivity index (χ1) is 12.5. The Morgan fingerprint density at radius 2 is 1.88 bits per heavy atom. The second-order valence-corrected chi connectivity index (χ2v) is 5.57. The average Bonchev–Trinajstić information content (AvgIpc) is 3.24. The molecule has 8 heteroatoms. The summed E-state index contributed by atoms with van der Waals surface area (Å²) in [6.45, 7) is 3.15. The van der Waals surface area contributed by atoms with E-state index in [1.165, 1.54) is 7.11 Å². The molecular formula is C18H17N3O5. The molecule has 26 heavy (non-hydrogen) atoms. The van der Waals surface area contributed by atoms with Gasteiger partial charge in [-0.15, -0.1) is 0 Å². The fourth-order valence-electron chi connectivity index (χ4n) is 2.58. The molecule has 0 amide bonds. The first-order valence-electron chi connectivity index (χ1n) is 7.84.